The van der Waals surface area contributed by atoms with Crippen LogP contribution in [0.1, 0.15) is 19.4 Å². The van der Waals surface area contributed by atoms with Crippen LogP contribution in [0.3, 0.4) is 0 Å². The Morgan fingerprint density at radius 1 is 1.00 bits per heavy atom. The standard InChI is InChI=1S/C13H12O/c1-3-10-13(14,11-4-2)12-8-6-5-7-9-12/h5-9,14H,1-2H3. The second-order valence-electron chi connectivity index (χ2n) is 2.83. The van der Waals surface area contributed by atoms with E-state index in [1.54, 1.807) is 13.8 Å². The zero-order chi connectivity index (χ0) is 10.4. The molecule has 70 valence electrons. The Balaban J connectivity index is 3.21. The van der Waals surface area contributed by atoms with E-state index in [9.17, 15) is 5.11 Å². The van der Waals surface area contributed by atoms with E-state index >= 15 is 0 Å². The van der Waals surface area contributed by atoms with Crippen LogP contribution in [0.15, 0.2) is 30.3 Å². The normalized spacial score (nSPS) is 9.36. The van der Waals surface area contributed by atoms with Crippen LogP contribution in [-0.2, 0) is 5.60 Å². The molecule has 0 heterocycles. The molecule has 0 amide bonds. The molecule has 0 saturated carbocycles. The minimum absolute atomic E-state index is 0.712. The van der Waals surface area contributed by atoms with E-state index in [1.165, 1.54) is 0 Å². The Morgan fingerprint density at radius 2 is 1.50 bits per heavy atom. The molecule has 1 rings (SSSR count). The van der Waals surface area contributed by atoms with E-state index in [2.05, 4.69) is 23.7 Å². The van der Waals surface area contributed by atoms with Crippen LogP contribution in [0, 0.1) is 23.7 Å². The monoisotopic (exact) mass is 184 g/mol. The minimum atomic E-state index is -1.33. The molecule has 1 aromatic carbocycles. The van der Waals surface area contributed by atoms with Gasteiger partial charge in [0.2, 0.25) is 5.60 Å². The van der Waals surface area contributed by atoms with Gasteiger partial charge in [-0.25, -0.2) is 0 Å². The number of benzene rings is 1. The summed E-state index contributed by atoms with van der Waals surface area (Å²) in [5.41, 5.74) is -0.617. The summed E-state index contributed by atoms with van der Waals surface area (Å²) in [5.74, 6) is 10.8. The van der Waals surface area contributed by atoms with Gasteiger partial charge in [-0.05, 0) is 13.8 Å². The van der Waals surface area contributed by atoms with Gasteiger partial charge in [-0.3, -0.25) is 0 Å². The fourth-order valence-corrected chi connectivity index (χ4v) is 1.22. The van der Waals surface area contributed by atoms with Gasteiger partial charge in [-0.2, -0.15) is 0 Å². The molecule has 1 nitrogen and oxygen atoms in total. The zero-order valence-electron chi connectivity index (χ0n) is 8.33. The van der Waals surface area contributed by atoms with Crippen molar-refractivity contribution in [2.75, 3.05) is 0 Å². The first-order chi connectivity index (χ1) is 6.73. The molecule has 0 aliphatic heterocycles. The summed E-state index contributed by atoms with van der Waals surface area (Å²) in [6.45, 7) is 3.37. The van der Waals surface area contributed by atoms with E-state index < -0.39 is 5.60 Å². The number of rotatable bonds is 1. The van der Waals surface area contributed by atoms with Crippen molar-refractivity contribution in [3.05, 3.63) is 35.9 Å². The lowest BCUT2D eigenvalue weighted by Gasteiger charge is -2.15. The highest BCUT2D eigenvalue weighted by molar-refractivity contribution is 5.40. The average Bonchev–Trinajstić information content (AvgIpc) is 2.20. The summed E-state index contributed by atoms with van der Waals surface area (Å²) in [7, 11) is 0. The van der Waals surface area contributed by atoms with E-state index in [0.717, 1.165) is 0 Å². The SMILES string of the molecule is CC#CC(O)(C#CC)c1ccccc1. The Kier molecular flexibility index (Phi) is 3.35. The summed E-state index contributed by atoms with van der Waals surface area (Å²) in [4.78, 5) is 0. The third kappa shape index (κ3) is 2.16. The van der Waals surface area contributed by atoms with E-state index in [0.29, 0.717) is 5.56 Å². The average molecular weight is 184 g/mol. The molecule has 0 spiro atoms. The van der Waals surface area contributed by atoms with Crippen molar-refractivity contribution in [2.24, 2.45) is 0 Å². The maximum absolute atomic E-state index is 10.1. The van der Waals surface area contributed by atoms with Gasteiger partial charge in [0.1, 0.15) is 0 Å². The lowest BCUT2D eigenvalue weighted by molar-refractivity contribution is 0.164. The predicted molar refractivity (Wildman–Crippen MR) is 57.2 cm³/mol. The van der Waals surface area contributed by atoms with E-state index in [1.807, 2.05) is 30.3 Å². The molecule has 1 heteroatoms. The maximum Gasteiger partial charge on any atom is 0.214 e. The third-order valence-electron chi connectivity index (χ3n) is 1.80. The first-order valence-electron chi connectivity index (χ1n) is 4.38. The first kappa shape index (κ1) is 10.4. The second kappa shape index (κ2) is 4.51. The van der Waals surface area contributed by atoms with Crippen LogP contribution in [0.4, 0.5) is 0 Å². The molecule has 0 aliphatic rings. The van der Waals surface area contributed by atoms with Gasteiger partial charge in [0.05, 0.1) is 0 Å². The molecule has 0 atom stereocenters. The summed E-state index contributed by atoms with van der Waals surface area (Å²) in [5, 5.41) is 10.1. The minimum Gasteiger partial charge on any atom is -0.364 e. The lowest BCUT2D eigenvalue weighted by atomic mass is 9.95. The maximum atomic E-state index is 10.1. The summed E-state index contributed by atoms with van der Waals surface area (Å²) in [6.07, 6.45) is 0. The first-order valence-corrected chi connectivity index (χ1v) is 4.38. The van der Waals surface area contributed by atoms with Gasteiger partial charge >= 0.3 is 0 Å². The van der Waals surface area contributed by atoms with E-state index in [-0.39, 0.29) is 0 Å². The van der Waals surface area contributed by atoms with Crippen molar-refractivity contribution in [3.8, 4) is 23.7 Å². The molecule has 0 radical (unpaired) electrons. The molecule has 1 aromatic rings. The van der Waals surface area contributed by atoms with Crippen LogP contribution in [-0.4, -0.2) is 5.11 Å². The molecule has 1 N–H and O–H groups in total. The Morgan fingerprint density at radius 3 is 1.93 bits per heavy atom. The van der Waals surface area contributed by atoms with Crippen molar-refractivity contribution in [1.82, 2.24) is 0 Å². The van der Waals surface area contributed by atoms with Crippen molar-refractivity contribution in [2.45, 2.75) is 19.4 Å². The van der Waals surface area contributed by atoms with Crippen LogP contribution in [0.25, 0.3) is 0 Å². The molecule has 14 heavy (non-hydrogen) atoms. The van der Waals surface area contributed by atoms with Crippen LogP contribution in [0.5, 0.6) is 0 Å². The van der Waals surface area contributed by atoms with Crippen molar-refractivity contribution < 1.29 is 5.11 Å². The Bertz CT molecular complexity index is 389. The van der Waals surface area contributed by atoms with Gasteiger partial charge in [-0.15, -0.1) is 11.8 Å². The molecular weight excluding hydrogens is 172 g/mol. The van der Waals surface area contributed by atoms with Crippen molar-refractivity contribution in [3.63, 3.8) is 0 Å². The quantitative estimate of drug-likeness (QED) is 0.661. The topological polar surface area (TPSA) is 20.2 Å². The zero-order valence-corrected chi connectivity index (χ0v) is 8.33. The largest absolute Gasteiger partial charge is 0.364 e. The molecule has 0 aliphatic carbocycles. The van der Waals surface area contributed by atoms with Gasteiger partial charge in [0.25, 0.3) is 0 Å². The highest BCUT2D eigenvalue weighted by Crippen LogP contribution is 2.18. The number of hydrogen-bond acceptors (Lipinski definition) is 1. The van der Waals surface area contributed by atoms with Crippen molar-refractivity contribution in [1.29, 1.82) is 0 Å². The van der Waals surface area contributed by atoms with Crippen LogP contribution >= 0.6 is 0 Å². The highest BCUT2D eigenvalue weighted by Gasteiger charge is 2.23. The second-order valence-corrected chi connectivity index (χ2v) is 2.83. The van der Waals surface area contributed by atoms with Gasteiger partial charge < -0.3 is 5.11 Å². The molecule has 0 aromatic heterocycles. The van der Waals surface area contributed by atoms with Gasteiger partial charge in [0.15, 0.2) is 0 Å². The molecule has 0 saturated heterocycles. The van der Waals surface area contributed by atoms with Crippen molar-refractivity contribution >= 4 is 0 Å². The summed E-state index contributed by atoms with van der Waals surface area (Å²) in [6, 6.07) is 9.23. The fourth-order valence-electron chi connectivity index (χ4n) is 1.22. The molecular formula is C13H12O. The smallest absolute Gasteiger partial charge is 0.214 e. The Labute approximate surface area is 84.8 Å². The van der Waals surface area contributed by atoms with Crippen LogP contribution in [0.2, 0.25) is 0 Å². The highest BCUT2D eigenvalue weighted by atomic mass is 16.3. The molecule has 0 bridgehead atoms. The fraction of sp³-hybridized carbons (Fsp3) is 0.231. The number of hydrogen-bond donors (Lipinski definition) is 1. The van der Waals surface area contributed by atoms with E-state index in [4.69, 9.17) is 0 Å². The lowest BCUT2D eigenvalue weighted by Crippen LogP contribution is -2.20. The molecule has 0 fully saturated rings. The van der Waals surface area contributed by atoms with Crippen LogP contribution < -0.4 is 0 Å². The predicted octanol–water partition coefficient (Wildman–Crippen LogP) is 1.92. The summed E-state index contributed by atoms with van der Waals surface area (Å²) < 4.78 is 0. The van der Waals surface area contributed by atoms with Gasteiger partial charge in [-0.1, -0.05) is 42.2 Å². The molecule has 0 unspecified atom stereocenters. The summed E-state index contributed by atoms with van der Waals surface area (Å²) >= 11 is 0. The Hall–Kier alpha value is -1.70. The van der Waals surface area contributed by atoms with Gasteiger partial charge in [0, 0.05) is 5.56 Å². The third-order valence-corrected chi connectivity index (χ3v) is 1.80. The number of aliphatic hydroxyl groups is 1.